The van der Waals surface area contributed by atoms with Crippen LogP contribution in [0.1, 0.15) is 60.1 Å². The highest BCUT2D eigenvalue weighted by molar-refractivity contribution is 5.94. The van der Waals surface area contributed by atoms with Crippen LogP contribution in [-0.4, -0.2) is 28.8 Å². The molecule has 7 heteroatoms. The Morgan fingerprint density at radius 3 is 2.69 bits per heavy atom. The predicted molar refractivity (Wildman–Crippen MR) is 90.9 cm³/mol. The Morgan fingerprint density at radius 2 is 2.04 bits per heavy atom. The molecule has 5 nitrogen and oxygen atoms in total. The summed E-state index contributed by atoms with van der Waals surface area (Å²) in [6.45, 7) is 4.05. The first-order valence-corrected chi connectivity index (χ1v) is 8.86. The Kier molecular flexibility index (Phi) is 4.06. The normalized spacial score (nSPS) is 23.4. The van der Waals surface area contributed by atoms with Gasteiger partial charge in [0.2, 0.25) is 0 Å². The van der Waals surface area contributed by atoms with Gasteiger partial charge in [-0.25, -0.2) is 8.78 Å². The number of halogens is 2. The summed E-state index contributed by atoms with van der Waals surface area (Å²) in [6, 6.07) is 3.86. The van der Waals surface area contributed by atoms with E-state index in [1.165, 1.54) is 18.2 Å². The topological polar surface area (TPSA) is 67.0 Å². The number of carbonyl (C=O) groups is 1. The minimum atomic E-state index is -0.662. The first-order chi connectivity index (χ1) is 12.4. The van der Waals surface area contributed by atoms with Gasteiger partial charge in [-0.3, -0.25) is 9.89 Å². The lowest BCUT2D eigenvalue weighted by Crippen LogP contribution is -2.34. The van der Waals surface area contributed by atoms with Gasteiger partial charge in [0.05, 0.1) is 17.9 Å². The molecule has 1 fully saturated rings. The molecule has 1 aromatic carbocycles. The second-order valence-electron chi connectivity index (χ2n) is 7.32. The van der Waals surface area contributed by atoms with Crippen molar-refractivity contribution in [3.05, 3.63) is 52.3 Å². The highest BCUT2D eigenvalue weighted by atomic mass is 19.1. The van der Waals surface area contributed by atoms with Gasteiger partial charge < -0.3 is 10.1 Å². The van der Waals surface area contributed by atoms with Gasteiger partial charge in [0.15, 0.2) is 5.69 Å². The second kappa shape index (κ2) is 6.16. The van der Waals surface area contributed by atoms with E-state index in [4.69, 9.17) is 4.74 Å². The molecule has 4 rings (SSSR count). The number of carbonyl (C=O) groups excluding carboxylic acids is 1. The van der Waals surface area contributed by atoms with Crippen LogP contribution >= 0.6 is 0 Å². The first kappa shape index (κ1) is 17.1. The number of hydrogen-bond acceptors (Lipinski definition) is 3. The van der Waals surface area contributed by atoms with Crippen LogP contribution in [-0.2, 0) is 16.6 Å². The Morgan fingerprint density at radius 1 is 1.35 bits per heavy atom. The molecular formula is C19H21F2N3O2. The summed E-state index contributed by atoms with van der Waals surface area (Å²) in [4.78, 5) is 12.6. The quantitative estimate of drug-likeness (QED) is 0.879. The number of benzene rings is 1. The van der Waals surface area contributed by atoms with E-state index in [9.17, 15) is 13.6 Å². The zero-order valence-electron chi connectivity index (χ0n) is 14.7. The Labute approximate surface area is 150 Å². The van der Waals surface area contributed by atoms with Gasteiger partial charge in [0.1, 0.15) is 11.6 Å². The summed E-state index contributed by atoms with van der Waals surface area (Å²) in [5.41, 5.74) is 1.42. The maximum absolute atomic E-state index is 14.1. The maximum Gasteiger partial charge on any atom is 0.272 e. The molecule has 2 N–H and O–H groups in total. The van der Waals surface area contributed by atoms with Crippen LogP contribution in [0.4, 0.5) is 8.78 Å². The average Bonchev–Trinajstić information content (AvgIpc) is 3.23. The number of aromatic nitrogens is 2. The highest BCUT2D eigenvalue weighted by Gasteiger charge is 2.48. The zero-order chi connectivity index (χ0) is 18.5. The van der Waals surface area contributed by atoms with Gasteiger partial charge in [-0.2, -0.15) is 5.10 Å². The number of nitrogens with zero attached hydrogens (tertiary/aromatic N) is 1. The van der Waals surface area contributed by atoms with Crippen molar-refractivity contribution in [2.45, 2.75) is 50.7 Å². The fourth-order valence-electron chi connectivity index (χ4n) is 3.87. The number of hydrogen-bond donors (Lipinski definition) is 2. The maximum atomic E-state index is 14.1. The van der Waals surface area contributed by atoms with Crippen molar-refractivity contribution in [3.8, 4) is 0 Å². The summed E-state index contributed by atoms with van der Waals surface area (Å²) >= 11 is 0. The molecule has 1 amide bonds. The van der Waals surface area contributed by atoms with E-state index in [1.54, 1.807) is 0 Å². The van der Waals surface area contributed by atoms with Crippen LogP contribution in [0.5, 0.6) is 0 Å². The summed E-state index contributed by atoms with van der Waals surface area (Å²) < 4.78 is 33.9. The molecule has 0 bridgehead atoms. The van der Waals surface area contributed by atoms with Crippen LogP contribution in [0, 0.1) is 11.6 Å². The largest absolute Gasteiger partial charge is 0.369 e. The summed E-state index contributed by atoms with van der Waals surface area (Å²) in [5.74, 6) is -1.45. The van der Waals surface area contributed by atoms with Crippen molar-refractivity contribution in [3.63, 3.8) is 0 Å². The second-order valence-corrected chi connectivity index (χ2v) is 7.32. The number of H-pyrrole nitrogens is 1. The van der Waals surface area contributed by atoms with E-state index in [2.05, 4.69) is 15.5 Å². The van der Waals surface area contributed by atoms with E-state index < -0.39 is 17.0 Å². The summed E-state index contributed by atoms with van der Waals surface area (Å²) in [7, 11) is 0. The fourth-order valence-corrected chi connectivity index (χ4v) is 3.87. The van der Waals surface area contributed by atoms with Crippen molar-refractivity contribution < 1.29 is 18.3 Å². The number of aromatic amines is 1. The van der Waals surface area contributed by atoms with Crippen LogP contribution in [0.25, 0.3) is 0 Å². The van der Waals surface area contributed by atoms with Crippen LogP contribution in [0.15, 0.2) is 18.2 Å². The molecule has 2 atom stereocenters. The molecule has 2 aromatic rings. The Bertz CT molecular complexity index is 840. The van der Waals surface area contributed by atoms with E-state index in [0.29, 0.717) is 25.0 Å². The van der Waals surface area contributed by atoms with Crippen LogP contribution in [0.2, 0.25) is 0 Å². The smallest absolute Gasteiger partial charge is 0.272 e. The van der Waals surface area contributed by atoms with Crippen molar-refractivity contribution in [2.24, 2.45) is 0 Å². The zero-order valence-corrected chi connectivity index (χ0v) is 14.7. The van der Waals surface area contributed by atoms with Crippen molar-refractivity contribution in [1.82, 2.24) is 15.5 Å². The number of ether oxygens (including phenoxy) is 1. The lowest BCUT2D eigenvalue weighted by Gasteiger charge is -2.25. The van der Waals surface area contributed by atoms with E-state index in [1.807, 2.05) is 13.8 Å². The van der Waals surface area contributed by atoms with E-state index >= 15 is 0 Å². The molecule has 2 heterocycles. The molecule has 0 spiro atoms. The lowest BCUT2D eigenvalue weighted by molar-refractivity contribution is -0.00697. The molecule has 0 saturated heterocycles. The van der Waals surface area contributed by atoms with Gasteiger partial charge in [-0.1, -0.05) is 6.07 Å². The minimum absolute atomic E-state index is 0.00364. The number of rotatable bonds is 4. The van der Waals surface area contributed by atoms with E-state index in [0.717, 1.165) is 11.3 Å². The van der Waals surface area contributed by atoms with Gasteiger partial charge in [-0.05, 0) is 38.8 Å². The van der Waals surface area contributed by atoms with Gasteiger partial charge in [0, 0.05) is 29.5 Å². The molecule has 0 unspecified atom stereocenters. The summed E-state index contributed by atoms with van der Waals surface area (Å²) in [6.07, 6.45) is 1.75. The number of nitrogens with one attached hydrogen (secondary N) is 2. The molecular weight excluding hydrogens is 340 g/mol. The molecule has 138 valence electrons. The van der Waals surface area contributed by atoms with Crippen molar-refractivity contribution >= 4 is 5.91 Å². The standard InChI is InChI=1S/C19H21F2N3O2/c1-10-8-12-16(11(2)26-10)23-24-17(12)18(25)22-9-19(6-7-19)15-13(20)4-3-5-14(15)21/h3-5,10-11H,6-9H2,1-2H3,(H,22,25)(H,23,24)/t10-,11+/m1/s1. The molecule has 1 aliphatic heterocycles. The Hall–Kier alpha value is -2.28. The average molecular weight is 361 g/mol. The number of amides is 1. The third-order valence-corrected chi connectivity index (χ3v) is 5.38. The Balaban J connectivity index is 1.52. The summed E-state index contributed by atoms with van der Waals surface area (Å²) in [5, 5.41) is 9.86. The van der Waals surface area contributed by atoms with Gasteiger partial charge >= 0.3 is 0 Å². The predicted octanol–water partition coefficient (Wildman–Crippen LogP) is 3.17. The van der Waals surface area contributed by atoms with Crippen LogP contribution < -0.4 is 5.32 Å². The number of fused-ring (bicyclic) bond motifs is 1. The first-order valence-electron chi connectivity index (χ1n) is 8.86. The van der Waals surface area contributed by atoms with Crippen molar-refractivity contribution in [1.29, 1.82) is 0 Å². The van der Waals surface area contributed by atoms with Gasteiger partial charge in [-0.15, -0.1) is 0 Å². The molecule has 26 heavy (non-hydrogen) atoms. The minimum Gasteiger partial charge on any atom is -0.369 e. The SMILES string of the molecule is C[C@@H]1Cc2c(C(=O)NCC3(c4c(F)cccc4F)CC3)n[nH]c2[C@H](C)O1. The third kappa shape index (κ3) is 2.80. The highest BCUT2D eigenvalue weighted by Crippen LogP contribution is 2.49. The van der Waals surface area contributed by atoms with Crippen molar-refractivity contribution in [2.75, 3.05) is 6.54 Å². The molecule has 1 saturated carbocycles. The molecule has 1 aliphatic carbocycles. The van der Waals surface area contributed by atoms with E-state index in [-0.39, 0.29) is 30.2 Å². The third-order valence-electron chi connectivity index (χ3n) is 5.38. The molecule has 2 aliphatic rings. The lowest BCUT2D eigenvalue weighted by atomic mass is 9.94. The molecule has 1 aromatic heterocycles. The van der Waals surface area contributed by atoms with Crippen LogP contribution in [0.3, 0.4) is 0 Å². The molecule has 0 radical (unpaired) electrons. The van der Waals surface area contributed by atoms with Gasteiger partial charge in [0.25, 0.3) is 5.91 Å². The monoisotopic (exact) mass is 361 g/mol. The fraction of sp³-hybridized carbons (Fsp3) is 0.474.